The fraction of sp³-hybridized carbons (Fsp3) is 1.00. The van der Waals surface area contributed by atoms with Gasteiger partial charge >= 0.3 is 35.2 Å². The first-order chi connectivity index (χ1) is 25.0. The average Bonchev–Trinajstić information content (AvgIpc) is 3.16. The summed E-state index contributed by atoms with van der Waals surface area (Å²) < 4.78 is 84.7. The molecule has 0 aliphatic rings. The quantitative estimate of drug-likeness (QED) is 0.0564. The number of rotatable bonds is 36. The highest BCUT2D eigenvalue weighted by atomic mass is 28.4. The average molecular weight is 870 g/mol. The molecule has 0 N–H and O–H groups in total. The van der Waals surface area contributed by atoms with Gasteiger partial charge in [-0.05, 0) is 19.8 Å². The zero-order valence-corrected chi connectivity index (χ0v) is 42.5. The summed E-state index contributed by atoms with van der Waals surface area (Å²) in [4.78, 5) is 0. The summed E-state index contributed by atoms with van der Waals surface area (Å²) in [5.41, 5.74) is -1.21. The van der Waals surface area contributed by atoms with Crippen molar-refractivity contribution in [3.63, 3.8) is 0 Å². The first kappa shape index (κ1) is 53.8. The zero-order chi connectivity index (χ0) is 40.7. The van der Waals surface area contributed by atoms with Gasteiger partial charge in [-0.25, -0.2) is 4.39 Å². The Morgan fingerprint density at radius 2 is 0.491 bits per heavy atom. The highest BCUT2D eigenvalue weighted by Crippen LogP contribution is 2.37. The van der Waals surface area contributed by atoms with Crippen LogP contribution in [-0.2, 0) is 53.1 Å². The summed E-state index contributed by atoms with van der Waals surface area (Å²) in [6.45, 7) is 6.74. The Bertz CT molecular complexity index is 773. The second kappa shape index (κ2) is 26.7. The summed E-state index contributed by atoms with van der Waals surface area (Å²) in [5.74, 6) is 0. The van der Waals surface area contributed by atoms with E-state index in [2.05, 4.69) is 13.1 Å². The maximum atomic E-state index is 16.3. The molecule has 0 amide bonds. The molecule has 0 fully saturated rings. The maximum absolute atomic E-state index is 16.3. The standard InChI is InChI=1S/C34H81FO12Si6/c1-34(35,22-16-24-48(14,26-18-30-50(36-2,37-3)38-4)27-19-31-51(39-5,40-6)41-7)23-17-25-49(15,28-20-32-52(42-8,43-9)44-10)29-21-33-53(45-11,46-12)47-13/h16-33H2,1-15H3. The fourth-order valence-electron chi connectivity index (χ4n) is 7.79. The Balaban J connectivity index is 5.62. The first-order valence-electron chi connectivity index (χ1n) is 19.3. The van der Waals surface area contributed by atoms with Crippen LogP contribution in [0.1, 0.15) is 58.3 Å². The molecule has 12 nitrogen and oxygen atoms in total. The Hall–Kier alpha value is 0.751. The van der Waals surface area contributed by atoms with Crippen molar-refractivity contribution in [2.45, 2.75) is 137 Å². The van der Waals surface area contributed by atoms with Gasteiger partial charge in [-0.2, -0.15) is 0 Å². The van der Waals surface area contributed by atoms with Crippen molar-refractivity contribution >= 4 is 51.4 Å². The van der Waals surface area contributed by atoms with E-state index in [1.165, 1.54) is 0 Å². The molecule has 0 aliphatic heterocycles. The molecule has 53 heavy (non-hydrogen) atoms. The minimum atomic E-state index is -2.66. The van der Waals surface area contributed by atoms with E-state index in [0.717, 1.165) is 99.0 Å². The highest BCUT2D eigenvalue weighted by molar-refractivity contribution is 6.79. The van der Waals surface area contributed by atoms with Crippen molar-refractivity contribution in [1.82, 2.24) is 0 Å². The van der Waals surface area contributed by atoms with E-state index in [1.54, 1.807) is 85.3 Å². The monoisotopic (exact) mass is 868 g/mol. The van der Waals surface area contributed by atoms with Crippen LogP contribution in [0, 0.1) is 0 Å². The Morgan fingerprint density at radius 1 is 0.321 bits per heavy atom. The Morgan fingerprint density at radius 3 is 0.660 bits per heavy atom. The second-order valence-corrected chi connectivity index (χ2v) is 37.9. The van der Waals surface area contributed by atoms with Gasteiger partial charge in [0.15, 0.2) is 0 Å². The molecule has 320 valence electrons. The molecule has 0 aliphatic carbocycles. The van der Waals surface area contributed by atoms with Gasteiger partial charge < -0.3 is 53.1 Å². The van der Waals surface area contributed by atoms with Crippen molar-refractivity contribution in [2.75, 3.05) is 85.3 Å². The molecule has 0 heterocycles. The van der Waals surface area contributed by atoms with Gasteiger partial charge in [0.05, 0.1) is 16.1 Å². The van der Waals surface area contributed by atoms with E-state index in [-0.39, 0.29) is 0 Å². The zero-order valence-electron chi connectivity index (χ0n) is 36.5. The van der Waals surface area contributed by atoms with E-state index in [4.69, 9.17) is 53.1 Å². The fourth-order valence-corrected chi connectivity index (χ4v) is 23.8. The third-order valence-corrected chi connectivity index (χ3v) is 32.4. The van der Waals surface area contributed by atoms with Gasteiger partial charge in [-0.1, -0.05) is 87.9 Å². The van der Waals surface area contributed by atoms with E-state index >= 15 is 4.39 Å². The van der Waals surface area contributed by atoms with Gasteiger partial charge in [0, 0.05) is 109 Å². The molecule has 0 unspecified atom stereocenters. The normalized spacial score (nSPS) is 14.0. The van der Waals surface area contributed by atoms with Crippen LogP contribution in [-0.4, -0.2) is 142 Å². The van der Waals surface area contributed by atoms with Crippen LogP contribution in [0.2, 0.25) is 73.5 Å². The van der Waals surface area contributed by atoms with Crippen molar-refractivity contribution in [3.05, 3.63) is 0 Å². The third-order valence-electron chi connectivity index (χ3n) is 11.7. The lowest BCUT2D eigenvalue weighted by Crippen LogP contribution is -2.44. The minimum Gasteiger partial charge on any atom is -0.377 e. The van der Waals surface area contributed by atoms with Crippen molar-refractivity contribution in [2.24, 2.45) is 0 Å². The molecule has 0 aromatic carbocycles. The summed E-state index contributed by atoms with van der Waals surface area (Å²) >= 11 is 0. The SMILES string of the molecule is CO[Si](CCC[Si](C)(CCCC(C)(F)CCC[Si](C)(CCC[Si](OC)(OC)OC)CCC[Si](OC)(OC)OC)CCC[Si](OC)(OC)OC)(OC)OC. The number of hydrogen-bond donors (Lipinski definition) is 0. The molecule has 0 rings (SSSR count). The van der Waals surface area contributed by atoms with Crippen LogP contribution in [0.25, 0.3) is 0 Å². The molecule has 0 saturated heterocycles. The van der Waals surface area contributed by atoms with Crippen LogP contribution in [0.3, 0.4) is 0 Å². The van der Waals surface area contributed by atoms with Crippen molar-refractivity contribution in [3.8, 4) is 0 Å². The molecule has 0 saturated carbocycles. The van der Waals surface area contributed by atoms with E-state index in [9.17, 15) is 0 Å². The van der Waals surface area contributed by atoms with E-state index in [0.29, 0.717) is 12.8 Å². The van der Waals surface area contributed by atoms with Crippen LogP contribution in [0.15, 0.2) is 0 Å². The van der Waals surface area contributed by atoms with Gasteiger partial charge in [-0.15, -0.1) is 0 Å². The molecule has 19 heteroatoms. The molecule has 0 aromatic rings. The Kier molecular flexibility index (Phi) is 27.1. The van der Waals surface area contributed by atoms with Gasteiger partial charge in [0.2, 0.25) is 0 Å². The topological polar surface area (TPSA) is 111 Å². The second-order valence-electron chi connectivity index (χ2n) is 15.3. The molecular formula is C34H81FO12Si6. The summed E-state index contributed by atoms with van der Waals surface area (Å²) in [6.07, 6.45) is 6.76. The number of halogens is 1. The van der Waals surface area contributed by atoms with Gasteiger partial charge in [-0.3, -0.25) is 0 Å². The minimum absolute atomic E-state index is 0.570. The van der Waals surface area contributed by atoms with Crippen LogP contribution >= 0.6 is 0 Å². The summed E-state index contributed by atoms with van der Waals surface area (Å²) in [6, 6.07) is 9.62. The summed E-state index contributed by atoms with van der Waals surface area (Å²) in [7, 11) is 5.83. The lowest BCUT2D eigenvalue weighted by atomic mass is 9.97. The lowest BCUT2D eigenvalue weighted by Gasteiger charge is -2.33. The highest BCUT2D eigenvalue weighted by Gasteiger charge is 2.42. The largest absolute Gasteiger partial charge is 0.500 e. The summed E-state index contributed by atoms with van der Waals surface area (Å²) in [5, 5.41) is 0. The van der Waals surface area contributed by atoms with Crippen molar-refractivity contribution < 1.29 is 57.5 Å². The molecule has 0 aromatic heterocycles. The smallest absolute Gasteiger partial charge is 0.377 e. The molecular weight excluding hydrogens is 788 g/mol. The molecule has 0 bridgehead atoms. The molecule has 0 atom stereocenters. The van der Waals surface area contributed by atoms with Crippen LogP contribution < -0.4 is 0 Å². The van der Waals surface area contributed by atoms with Crippen LogP contribution in [0.5, 0.6) is 0 Å². The predicted octanol–water partition coefficient (Wildman–Crippen LogP) is 8.51. The molecule has 0 radical (unpaired) electrons. The predicted molar refractivity (Wildman–Crippen MR) is 225 cm³/mol. The first-order valence-corrected chi connectivity index (χ1v) is 33.3. The number of alkyl halides is 1. The van der Waals surface area contributed by atoms with Crippen LogP contribution in [0.4, 0.5) is 4.39 Å². The lowest BCUT2D eigenvalue weighted by molar-refractivity contribution is 0.122. The Labute approximate surface area is 330 Å². The van der Waals surface area contributed by atoms with Gasteiger partial charge in [0.1, 0.15) is 5.67 Å². The van der Waals surface area contributed by atoms with E-state index in [1.807, 2.05) is 6.92 Å². The third kappa shape index (κ3) is 18.9. The van der Waals surface area contributed by atoms with Crippen molar-refractivity contribution in [1.29, 1.82) is 0 Å². The number of hydrogen-bond acceptors (Lipinski definition) is 12. The van der Waals surface area contributed by atoms with E-state index < -0.39 is 57.0 Å². The van der Waals surface area contributed by atoms with Gasteiger partial charge in [0.25, 0.3) is 0 Å². The maximum Gasteiger partial charge on any atom is 0.500 e. The molecule has 0 spiro atoms.